The van der Waals surface area contributed by atoms with E-state index in [1.165, 1.54) is 29.2 Å². The molecule has 0 aliphatic rings. The normalized spacial score (nSPS) is 11.3. The van der Waals surface area contributed by atoms with E-state index in [-0.39, 0.29) is 17.2 Å². The number of H-pyrrole nitrogens is 1. The second-order valence-corrected chi connectivity index (χ2v) is 7.42. The Labute approximate surface area is 155 Å². The largest absolute Gasteiger partial charge is 0.301 e. The number of para-hydroxylation sites is 1. The van der Waals surface area contributed by atoms with Crippen LogP contribution >= 0.6 is 23.1 Å². The molecule has 4 rings (SSSR count). The van der Waals surface area contributed by atoms with Crippen molar-refractivity contribution in [2.45, 2.75) is 18.5 Å². The number of thiazole rings is 1. The lowest BCUT2D eigenvalue weighted by Gasteiger charge is -2.04. The molecule has 2 N–H and O–H groups in total. The van der Waals surface area contributed by atoms with E-state index >= 15 is 0 Å². The summed E-state index contributed by atoms with van der Waals surface area (Å²) in [5.41, 5.74) is 1.44. The van der Waals surface area contributed by atoms with Gasteiger partial charge in [-0.2, -0.15) is 0 Å². The number of nitrogens with zero attached hydrogens (tertiary/aromatic N) is 4. The summed E-state index contributed by atoms with van der Waals surface area (Å²) in [4.78, 5) is 30.9. The van der Waals surface area contributed by atoms with E-state index in [0.29, 0.717) is 22.5 Å². The summed E-state index contributed by atoms with van der Waals surface area (Å²) in [6.07, 6.45) is 0.657. The highest BCUT2D eigenvalue weighted by Crippen LogP contribution is 2.26. The van der Waals surface area contributed by atoms with Gasteiger partial charge < -0.3 is 5.32 Å². The summed E-state index contributed by atoms with van der Waals surface area (Å²) in [6.45, 7) is 1.95. The van der Waals surface area contributed by atoms with Gasteiger partial charge in [0, 0.05) is 11.8 Å². The lowest BCUT2D eigenvalue weighted by Crippen LogP contribution is -2.15. The first-order chi connectivity index (χ1) is 12.6. The Morgan fingerprint density at radius 2 is 2.19 bits per heavy atom. The molecular weight excluding hydrogens is 372 g/mol. The third-order valence-corrected chi connectivity index (χ3v) is 5.57. The monoisotopic (exact) mass is 386 g/mol. The van der Waals surface area contributed by atoms with Gasteiger partial charge in [0.2, 0.25) is 11.7 Å². The number of rotatable bonds is 5. The molecule has 0 saturated heterocycles. The number of fused-ring (bicyclic) bond motifs is 2. The second-order valence-electron chi connectivity index (χ2n) is 5.44. The number of hydrogen-bond donors (Lipinski definition) is 2. The topological polar surface area (TPSA) is 105 Å². The summed E-state index contributed by atoms with van der Waals surface area (Å²) >= 11 is 2.69. The molecule has 0 unspecified atom stereocenters. The summed E-state index contributed by atoms with van der Waals surface area (Å²) in [7, 11) is 0. The van der Waals surface area contributed by atoms with Gasteiger partial charge in [-0.1, -0.05) is 42.2 Å². The van der Waals surface area contributed by atoms with Crippen molar-refractivity contribution < 1.29 is 4.79 Å². The third kappa shape index (κ3) is 3.20. The van der Waals surface area contributed by atoms with Crippen LogP contribution in [0.4, 0.5) is 5.13 Å². The molecule has 0 spiro atoms. The SMILES string of the molecule is CCc1cc(=O)[nH]c2nnc(SCC(=O)Nc3nc4ccccc4s3)n12. The van der Waals surface area contributed by atoms with Crippen LogP contribution in [0.25, 0.3) is 16.0 Å². The van der Waals surface area contributed by atoms with E-state index in [1.807, 2.05) is 31.2 Å². The van der Waals surface area contributed by atoms with E-state index in [0.717, 1.165) is 15.9 Å². The van der Waals surface area contributed by atoms with E-state index in [1.54, 1.807) is 4.40 Å². The van der Waals surface area contributed by atoms with Crippen molar-refractivity contribution in [1.29, 1.82) is 0 Å². The highest BCUT2D eigenvalue weighted by Gasteiger charge is 2.14. The molecule has 1 amide bonds. The zero-order valence-corrected chi connectivity index (χ0v) is 15.4. The van der Waals surface area contributed by atoms with Gasteiger partial charge in [0.15, 0.2) is 10.3 Å². The van der Waals surface area contributed by atoms with Gasteiger partial charge in [0.25, 0.3) is 5.56 Å². The number of aryl methyl sites for hydroxylation is 1. The van der Waals surface area contributed by atoms with Gasteiger partial charge in [-0.15, -0.1) is 10.2 Å². The fraction of sp³-hybridized carbons (Fsp3) is 0.188. The Morgan fingerprint density at radius 1 is 1.35 bits per heavy atom. The Balaban J connectivity index is 1.49. The Bertz CT molecular complexity index is 1130. The fourth-order valence-electron chi connectivity index (χ4n) is 2.54. The van der Waals surface area contributed by atoms with Gasteiger partial charge in [0.1, 0.15) is 0 Å². The highest BCUT2D eigenvalue weighted by atomic mass is 32.2. The van der Waals surface area contributed by atoms with Crippen LogP contribution in [0.2, 0.25) is 0 Å². The first-order valence-corrected chi connectivity index (χ1v) is 9.70. The smallest absolute Gasteiger partial charge is 0.252 e. The van der Waals surface area contributed by atoms with Crippen LogP contribution in [0, 0.1) is 0 Å². The molecule has 0 saturated carbocycles. The minimum atomic E-state index is -0.216. The van der Waals surface area contributed by atoms with Crippen LogP contribution in [0.15, 0.2) is 40.3 Å². The summed E-state index contributed by atoms with van der Waals surface area (Å²) in [6, 6.07) is 9.24. The molecule has 4 aromatic rings. The van der Waals surface area contributed by atoms with Crippen LogP contribution < -0.4 is 10.9 Å². The van der Waals surface area contributed by atoms with Crippen LogP contribution in [-0.2, 0) is 11.2 Å². The van der Waals surface area contributed by atoms with Crippen LogP contribution in [0.1, 0.15) is 12.6 Å². The van der Waals surface area contributed by atoms with Crippen LogP contribution in [0.5, 0.6) is 0 Å². The summed E-state index contributed by atoms with van der Waals surface area (Å²) in [5, 5.41) is 12.0. The van der Waals surface area contributed by atoms with Gasteiger partial charge in [-0.05, 0) is 18.6 Å². The number of thioether (sulfide) groups is 1. The molecule has 0 atom stereocenters. The molecule has 1 aromatic carbocycles. The average molecular weight is 386 g/mol. The molecular formula is C16H14N6O2S2. The molecule has 3 aromatic heterocycles. The number of benzene rings is 1. The molecule has 10 heteroatoms. The van der Waals surface area contributed by atoms with Crippen molar-refractivity contribution in [2.24, 2.45) is 0 Å². The lowest BCUT2D eigenvalue weighted by atomic mass is 10.3. The van der Waals surface area contributed by atoms with Gasteiger partial charge >= 0.3 is 0 Å². The Morgan fingerprint density at radius 3 is 3.00 bits per heavy atom. The molecule has 0 aliphatic heterocycles. The molecule has 26 heavy (non-hydrogen) atoms. The number of anilines is 1. The summed E-state index contributed by atoms with van der Waals surface area (Å²) in [5.74, 6) is 0.371. The maximum atomic E-state index is 12.2. The first kappa shape index (κ1) is 16.7. The maximum Gasteiger partial charge on any atom is 0.252 e. The van der Waals surface area contributed by atoms with E-state index < -0.39 is 0 Å². The molecule has 0 fully saturated rings. The predicted molar refractivity (Wildman–Crippen MR) is 102 cm³/mol. The lowest BCUT2D eigenvalue weighted by molar-refractivity contribution is -0.113. The van der Waals surface area contributed by atoms with Crippen LogP contribution in [-0.4, -0.2) is 36.2 Å². The standard InChI is InChI=1S/C16H14N6O2S2/c1-2-9-7-12(23)18-14-20-21-16(22(9)14)25-8-13(24)19-15-17-10-5-3-4-6-11(10)26-15/h3-7H,2,8H2,1H3,(H,17,19,24)(H,18,20,23). The Kier molecular flexibility index (Phi) is 4.43. The average Bonchev–Trinajstić information content (AvgIpc) is 3.22. The van der Waals surface area contributed by atoms with Crippen molar-refractivity contribution in [2.75, 3.05) is 11.1 Å². The predicted octanol–water partition coefficient (Wildman–Crippen LogP) is 2.32. The minimum Gasteiger partial charge on any atom is -0.301 e. The number of carbonyl (C=O) groups is 1. The molecule has 8 nitrogen and oxygen atoms in total. The Hall–Kier alpha value is -2.72. The minimum absolute atomic E-state index is 0.166. The van der Waals surface area contributed by atoms with Crippen LogP contribution in [0.3, 0.4) is 0 Å². The molecule has 0 radical (unpaired) electrons. The van der Waals surface area contributed by atoms with Crippen molar-refractivity contribution in [3.05, 3.63) is 46.4 Å². The number of nitrogens with one attached hydrogen (secondary N) is 2. The first-order valence-electron chi connectivity index (χ1n) is 7.89. The van der Waals surface area contributed by atoms with Crippen molar-refractivity contribution in [3.63, 3.8) is 0 Å². The number of hydrogen-bond acceptors (Lipinski definition) is 7. The molecule has 132 valence electrons. The number of amides is 1. The van der Waals surface area contributed by atoms with Crippen molar-refractivity contribution in [1.82, 2.24) is 24.6 Å². The number of carbonyl (C=O) groups excluding carboxylic acids is 1. The summed E-state index contributed by atoms with van der Waals surface area (Å²) < 4.78 is 2.78. The number of aromatic nitrogens is 5. The van der Waals surface area contributed by atoms with Crippen molar-refractivity contribution in [3.8, 4) is 0 Å². The van der Waals surface area contributed by atoms with E-state index in [4.69, 9.17) is 0 Å². The third-order valence-electron chi connectivity index (χ3n) is 3.69. The number of aromatic amines is 1. The van der Waals surface area contributed by atoms with E-state index in [9.17, 15) is 9.59 Å². The van der Waals surface area contributed by atoms with Crippen molar-refractivity contribution >= 4 is 50.1 Å². The zero-order chi connectivity index (χ0) is 18.1. The molecule has 0 bridgehead atoms. The molecule has 3 heterocycles. The fourth-order valence-corrected chi connectivity index (χ4v) is 4.18. The second kappa shape index (κ2) is 6.89. The van der Waals surface area contributed by atoms with Gasteiger partial charge in [0.05, 0.1) is 16.0 Å². The molecule has 0 aliphatic carbocycles. The van der Waals surface area contributed by atoms with Gasteiger partial charge in [-0.25, -0.2) is 4.98 Å². The quantitative estimate of drug-likeness (QED) is 0.510. The highest BCUT2D eigenvalue weighted by molar-refractivity contribution is 7.99. The van der Waals surface area contributed by atoms with Gasteiger partial charge in [-0.3, -0.25) is 19.0 Å². The van der Waals surface area contributed by atoms with E-state index in [2.05, 4.69) is 25.5 Å². The zero-order valence-electron chi connectivity index (χ0n) is 13.7. The maximum absolute atomic E-state index is 12.2.